The lowest BCUT2D eigenvalue weighted by atomic mass is 10.2. The van der Waals surface area contributed by atoms with E-state index < -0.39 is 0 Å². The molecule has 0 unspecified atom stereocenters. The van der Waals surface area contributed by atoms with Crippen LogP contribution < -0.4 is 0 Å². The molecule has 1 amide bonds. The molecule has 0 bridgehead atoms. The third kappa shape index (κ3) is 4.09. The van der Waals surface area contributed by atoms with Crippen molar-refractivity contribution < 1.29 is 4.79 Å². The van der Waals surface area contributed by atoms with Gasteiger partial charge in [-0.2, -0.15) is 5.10 Å². The van der Waals surface area contributed by atoms with Crippen LogP contribution in [0.3, 0.4) is 0 Å². The summed E-state index contributed by atoms with van der Waals surface area (Å²) in [6, 6.07) is 4.03. The summed E-state index contributed by atoms with van der Waals surface area (Å²) in [7, 11) is 0. The Bertz CT molecular complexity index is 645. The Morgan fingerprint density at radius 1 is 1.30 bits per heavy atom. The molecule has 1 aliphatic heterocycles. The van der Waals surface area contributed by atoms with Gasteiger partial charge in [0.05, 0.1) is 10.7 Å². The second kappa shape index (κ2) is 7.10. The SMILES string of the molecule is Cc1nn(CC(=O)N2CCN(Cc3cccnc3)CC2)cc1Cl. The largest absolute Gasteiger partial charge is 0.339 e. The molecule has 0 spiro atoms. The van der Waals surface area contributed by atoms with Crippen molar-refractivity contribution in [3.8, 4) is 0 Å². The van der Waals surface area contributed by atoms with Gasteiger partial charge >= 0.3 is 0 Å². The first-order chi connectivity index (χ1) is 11.1. The minimum absolute atomic E-state index is 0.0881. The molecule has 1 saturated heterocycles. The smallest absolute Gasteiger partial charge is 0.244 e. The average Bonchev–Trinajstić information content (AvgIpc) is 2.87. The van der Waals surface area contributed by atoms with Crippen molar-refractivity contribution >= 4 is 17.5 Å². The Labute approximate surface area is 140 Å². The minimum Gasteiger partial charge on any atom is -0.339 e. The number of hydrogen-bond donors (Lipinski definition) is 0. The quantitative estimate of drug-likeness (QED) is 0.852. The fourth-order valence-corrected chi connectivity index (χ4v) is 2.87. The van der Waals surface area contributed by atoms with Gasteiger partial charge in [-0.05, 0) is 18.6 Å². The first-order valence-electron chi connectivity index (χ1n) is 7.70. The molecular weight excluding hydrogens is 314 g/mol. The summed E-state index contributed by atoms with van der Waals surface area (Å²) in [4.78, 5) is 20.7. The lowest BCUT2D eigenvalue weighted by molar-refractivity contribution is -0.133. The topological polar surface area (TPSA) is 54.3 Å². The fourth-order valence-electron chi connectivity index (χ4n) is 2.72. The molecule has 2 aromatic heterocycles. The third-order valence-electron chi connectivity index (χ3n) is 4.04. The number of halogens is 1. The van der Waals surface area contributed by atoms with Crippen LogP contribution in [0.5, 0.6) is 0 Å². The van der Waals surface area contributed by atoms with Crippen molar-refractivity contribution in [1.29, 1.82) is 0 Å². The third-order valence-corrected chi connectivity index (χ3v) is 4.41. The Kier molecular flexibility index (Phi) is 4.93. The summed E-state index contributed by atoms with van der Waals surface area (Å²) in [5.41, 5.74) is 1.95. The first-order valence-corrected chi connectivity index (χ1v) is 8.08. The van der Waals surface area contributed by atoms with E-state index in [1.807, 2.05) is 24.1 Å². The number of piperazine rings is 1. The highest BCUT2D eigenvalue weighted by Gasteiger charge is 2.21. The van der Waals surface area contributed by atoms with E-state index in [1.165, 1.54) is 5.56 Å². The summed E-state index contributed by atoms with van der Waals surface area (Å²) in [6.45, 7) is 6.19. The maximum Gasteiger partial charge on any atom is 0.244 e. The van der Waals surface area contributed by atoms with Gasteiger partial charge in [-0.15, -0.1) is 0 Å². The lowest BCUT2D eigenvalue weighted by Crippen LogP contribution is -2.49. The van der Waals surface area contributed by atoms with Crippen molar-refractivity contribution in [1.82, 2.24) is 24.6 Å². The zero-order valence-electron chi connectivity index (χ0n) is 13.2. The summed E-state index contributed by atoms with van der Waals surface area (Å²) >= 11 is 5.97. The molecule has 3 rings (SSSR count). The zero-order valence-corrected chi connectivity index (χ0v) is 13.9. The molecule has 7 heteroatoms. The van der Waals surface area contributed by atoms with Crippen LogP contribution in [0.15, 0.2) is 30.7 Å². The number of hydrogen-bond acceptors (Lipinski definition) is 4. The molecule has 0 N–H and O–H groups in total. The van der Waals surface area contributed by atoms with Gasteiger partial charge in [0.1, 0.15) is 6.54 Å². The van der Waals surface area contributed by atoms with Crippen LogP contribution in [-0.4, -0.2) is 56.7 Å². The Morgan fingerprint density at radius 3 is 2.70 bits per heavy atom. The van der Waals surface area contributed by atoms with E-state index in [0.29, 0.717) is 5.02 Å². The van der Waals surface area contributed by atoms with Crippen molar-refractivity contribution in [3.63, 3.8) is 0 Å². The molecule has 23 heavy (non-hydrogen) atoms. The predicted octanol–water partition coefficient (Wildman–Crippen LogP) is 1.58. The van der Waals surface area contributed by atoms with E-state index in [4.69, 9.17) is 11.6 Å². The Hall–Kier alpha value is -1.92. The summed E-state index contributed by atoms with van der Waals surface area (Å²) in [5.74, 6) is 0.0881. The molecule has 1 fully saturated rings. The number of aryl methyl sites for hydroxylation is 1. The number of nitrogens with zero attached hydrogens (tertiary/aromatic N) is 5. The highest BCUT2D eigenvalue weighted by molar-refractivity contribution is 6.31. The van der Waals surface area contributed by atoms with E-state index in [1.54, 1.807) is 17.1 Å². The van der Waals surface area contributed by atoms with Crippen LogP contribution in [0.2, 0.25) is 5.02 Å². The number of rotatable bonds is 4. The number of aromatic nitrogens is 3. The van der Waals surface area contributed by atoms with Crippen LogP contribution in [-0.2, 0) is 17.9 Å². The molecule has 0 aromatic carbocycles. The van der Waals surface area contributed by atoms with Gasteiger partial charge in [0, 0.05) is 51.3 Å². The van der Waals surface area contributed by atoms with Crippen LogP contribution >= 0.6 is 11.6 Å². The molecule has 0 aliphatic carbocycles. The van der Waals surface area contributed by atoms with Gasteiger partial charge in [-0.25, -0.2) is 0 Å². The van der Waals surface area contributed by atoms with Gasteiger partial charge in [-0.3, -0.25) is 19.4 Å². The standard InChI is InChI=1S/C16H20ClN5O/c1-13-15(17)11-22(19-13)12-16(23)21-7-5-20(6-8-21)10-14-3-2-4-18-9-14/h2-4,9,11H,5-8,10,12H2,1H3. The van der Waals surface area contributed by atoms with Crippen LogP contribution in [0.25, 0.3) is 0 Å². The molecule has 0 radical (unpaired) electrons. The molecule has 0 saturated carbocycles. The van der Waals surface area contributed by atoms with Gasteiger partial charge in [0.15, 0.2) is 0 Å². The Balaban J connectivity index is 1.49. The average molecular weight is 334 g/mol. The molecule has 122 valence electrons. The van der Waals surface area contributed by atoms with E-state index in [0.717, 1.165) is 38.4 Å². The van der Waals surface area contributed by atoms with Gasteiger partial charge in [0.25, 0.3) is 0 Å². The summed E-state index contributed by atoms with van der Waals surface area (Å²) < 4.78 is 1.61. The Morgan fingerprint density at radius 2 is 2.09 bits per heavy atom. The molecule has 6 nitrogen and oxygen atoms in total. The molecule has 3 heterocycles. The monoisotopic (exact) mass is 333 g/mol. The summed E-state index contributed by atoms with van der Waals surface area (Å²) in [6.07, 6.45) is 5.37. The highest BCUT2D eigenvalue weighted by Crippen LogP contribution is 2.13. The molecule has 0 atom stereocenters. The van der Waals surface area contributed by atoms with Gasteiger partial charge in [0.2, 0.25) is 5.91 Å². The first kappa shape index (κ1) is 16.0. The predicted molar refractivity (Wildman–Crippen MR) is 88.1 cm³/mol. The number of carbonyl (C=O) groups excluding carboxylic acids is 1. The fraction of sp³-hybridized carbons (Fsp3) is 0.438. The highest BCUT2D eigenvalue weighted by atomic mass is 35.5. The van der Waals surface area contributed by atoms with Crippen molar-refractivity contribution in [2.75, 3.05) is 26.2 Å². The van der Waals surface area contributed by atoms with Crippen LogP contribution in [0.1, 0.15) is 11.3 Å². The van der Waals surface area contributed by atoms with Crippen molar-refractivity contribution in [3.05, 3.63) is 47.0 Å². The normalized spacial score (nSPS) is 15.8. The number of carbonyl (C=O) groups is 1. The summed E-state index contributed by atoms with van der Waals surface area (Å²) in [5, 5.41) is 4.83. The van der Waals surface area contributed by atoms with Gasteiger partial charge in [-0.1, -0.05) is 17.7 Å². The minimum atomic E-state index is 0.0881. The number of amides is 1. The zero-order chi connectivity index (χ0) is 16.2. The van der Waals surface area contributed by atoms with Gasteiger partial charge < -0.3 is 4.90 Å². The van der Waals surface area contributed by atoms with Crippen LogP contribution in [0.4, 0.5) is 0 Å². The maximum absolute atomic E-state index is 12.3. The van der Waals surface area contributed by atoms with E-state index in [2.05, 4.69) is 21.0 Å². The molecule has 1 aliphatic rings. The lowest BCUT2D eigenvalue weighted by Gasteiger charge is -2.34. The van der Waals surface area contributed by atoms with E-state index >= 15 is 0 Å². The van der Waals surface area contributed by atoms with Crippen molar-refractivity contribution in [2.24, 2.45) is 0 Å². The second-order valence-corrected chi connectivity index (χ2v) is 6.19. The number of pyridine rings is 1. The molecule has 2 aromatic rings. The van der Waals surface area contributed by atoms with Crippen LogP contribution in [0, 0.1) is 6.92 Å². The second-order valence-electron chi connectivity index (χ2n) is 5.78. The molecular formula is C16H20ClN5O. The maximum atomic E-state index is 12.3. The van der Waals surface area contributed by atoms with E-state index in [-0.39, 0.29) is 12.5 Å². The van der Waals surface area contributed by atoms with E-state index in [9.17, 15) is 4.79 Å². The van der Waals surface area contributed by atoms with Crippen molar-refractivity contribution in [2.45, 2.75) is 20.0 Å².